The summed E-state index contributed by atoms with van der Waals surface area (Å²) in [7, 11) is 0. The van der Waals surface area contributed by atoms with E-state index in [0.29, 0.717) is 29.7 Å². The Kier molecular flexibility index (Phi) is 3.32. The van der Waals surface area contributed by atoms with Crippen molar-refractivity contribution in [1.29, 1.82) is 0 Å². The fraction of sp³-hybridized carbons (Fsp3) is 0.625. The zero-order chi connectivity index (χ0) is 16.0. The molecule has 1 aliphatic carbocycles. The lowest BCUT2D eigenvalue weighted by molar-refractivity contribution is 0.346. The molecule has 0 amide bonds. The summed E-state index contributed by atoms with van der Waals surface area (Å²) in [4.78, 5) is 10.2. The molecule has 0 bridgehead atoms. The molecule has 4 rings (SSSR count). The highest BCUT2D eigenvalue weighted by Crippen LogP contribution is 2.64. The van der Waals surface area contributed by atoms with E-state index in [1.54, 1.807) is 0 Å². The Balaban J connectivity index is 1.46. The number of rotatable bonds is 3. The quantitative estimate of drug-likeness (QED) is 0.867. The smallest absolute Gasteiger partial charge is 0.220 e. The lowest BCUT2D eigenvalue weighted by atomic mass is 9.90. The van der Waals surface area contributed by atoms with Gasteiger partial charge in [-0.2, -0.15) is 0 Å². The van der Waals surface area contributed by atoms with E-state index in [-0.39, 0.29) is 11.2 Å². The van der Waals surface area contributed by atoms with Gasteiger partial charge < -0.3 is 9.32 Å². The van der Waals surface area contributed by atoms with Crippen LogP contribution in [0.1, 0.15) is 49.6 Å². The topological polar surface area (TPSA) is 67.9 Å². The molecule has 0 radical (unpaired) electrons. The number of hydrogen-bond acceptors (Lipinski definition) is 6. The van der Waals surface area contributed by atoms with Crippen LogP contribution in [-0.2, 0) is 6.42 Å². The molecule has 1 spiro atoms. The minimum Gasteiger partial charge on any atom is -0.425 e. The van der Waals surface area contributed by atoms with Crippen LogP contribution in [0.25, 0.3) is 0 Å². The summed E-state index contributed by atoms with van der Waals surface area (Å²) in [5.74, 6) is 1.92. The first-order chi connectivity index (χ1) is 11.1. The maximum atomic E-state index is 14.4. The van der Waals surface area contributed by atoms with E-state index in [9.17, 15) is 4.39 Å². The van der Waals surface area contributed by atoms with Crippen LogP contribution < -0.4 is 4.90 Å². The first-order valence-corrected chi connectivity index (χ1v) is 8.17. The summed E-state index contributed by atoms with van der Waals surface area (Å²) in [6.45, 7) is 5.33. The van der Waals surface area contributed by atoms with Gasteiger partial charge in [0.15, 0.2) is 11.6 Å². The fourth-order valence-corrected chi connectivity index (χ4v) is 3.73. The summed E-state index contributed by atoms with van der Waals surface area (Å²) in [5.41, 5.74) is 0.743. The Labute approximate surface area is 134 Å². The molecule has 3 heterocycles. The predicted molar refractivity (Wildman–Crippen MR) is 81.6 cm³/mol. The van der Waals surface area contributed by atoms with Gasteiger partial charge in [-0.1, -0.05) is 6.92 Å². The molecule has 122 valence electrons. The molecule has 1 saturated carbocycles. The van der Waals surface area contributed by atoms with Crippen LogP contribution in [0.5, 0.6) is 0 Å². The zero-order valence-electron chi connectivity index (χ0n) is 13.4. The van der Waals surface area contributed by atoms with E-state index in [4.69, 9.17) is 4.42 Å². The average Bonchev–Trinajstić information content (AvgIpc) is 3.08. The largest absolute Gasteiger partial charge is 0.425 e. The second kappa shape index (κ2) is 5.25. The van der Waals surface area contributed by atoms with Gasteiger partial charge in [0, 0.05) is 25.9 Å². The molecule has 1 unspecified atom stereocenters. The molecule has 23 heavy (non-hydrogen) atoms. The van der Waals surface area contributed by atoms with Crippen LogP contribution in [0.3, 0.4) is 0 Å². The minimum absolute atomic E-state index is 0.257. The van der Waals surface area contributed by atoms with E-state index in [1.165, 1.54) is 6.33 Å². The number of halogens is 1. The van der Waals surface area contributed by atoms with Crippen molar-refractivity contribution in [2.24, 2.45) is 5.41 Å². The third-order valence-corrected chi connectivity index (χ3v) is 5.27. The number of nitrogens with zero attached hydrogens (tertiary/aromatic N) is 5. The lowest BCUT2D eigenvalue weighted by Gasteiger charge is -2.33. The highest BCUT2D eigenvalue weighted by molar-refractivity contribution is 5.42. The van der Waals surface area contributed by atoms with Crippen LogP contribution in [0, 0.1) is 18.2 Å². The zero-order valence-corrected chi connectivity index (χ0v) is 13.4. The van der Waals surface area contributed by atoms with Gasteiger partial charge in [-0.15, -0.1) is 10.2 Å². The number of aryl methyl sites for hydroxylation is 2. The molecule has 7 heteroatoms. The Morgan fingerprint density at radius 2 is 2.09 bits per heavy atom. The van der Waals surface area contributed by atoms with Crippen molar-refractivity contribution < 1.29 is 8.81 Å². The summed E-state index contributed by atoms with van der Waals surface area (Å²) in [6.07, 6.45) is 5.14. The molecule has 1 atom stereocenters. The maximum absolute atomic E-state index is 14.4. The molecule has 6 nitrogen and oxygen atoms in total. The highest BCUT2D eigenvalue weighted by Gasteiger charge is 2.58. The van der Waals surface area contributed by atoms with Crippen molar-refractivity contribution in [2.45, 2.75) is 45.4 Å². The van der Waals surface area contributed by atoms with E-state index in [1.807, 2.05) is 18.7 Å². The van der Waals surface area contributed by atoms with Gasteiger partial charge in [0.2, 0.25) is 11.8 Å². The number of aromatic nitrogens is 4. The summed E-state index contributed by atoms with van der Waals surface area (Å²) < 4.78 is 20.0. The number of piperidine rings is 1. The van der Waals surface area contributed by atoms with Gasteiger partial charge in [0.25, 0.3) is 0 Å². The molecule has 0 N–H and O–H groups in total. The van der Waals surface area contributed by atoms with E-state index in [2.05, 4.69) is 20.2 Å². The van der Waals surface area contributed by atoms with Gasteiger partial charge in [0.1, 0.15) is 6.33 Å². The Hall–Kier alpha value is -2.05. The van der Waals surface area contributed by atoms with Gasteiger partial charge in [-0.25, -0.2) is 14.4 Å². The van der Waals surface area contributed by atoms with Crippen molar-refractivity contribution >= 4 is 5.82 Å². The summed E-state index contributed by atoms with van der Waals surface area (Å²) >= 11 is 0. The summed E-state index contributed by atoms with van der Waals surface area (Å²) in [5, 5.41) is 8.09. The third kappa shape index (κ3) is 2.38. The first-order valence-electron chi connectivity index (χ1n) is 8.17. The van der Waals surface area contributed by atoms with Gasteiger partial charge in [-0.3, -0.25) is 0 Å². The van der Waals surface area contributed by atoms with E-state index in [0.717, 1.165) is 38.2 Å². The third-order valence-electron chi connectivity index (χ3n) is 5.27. The monoisotopic (exact) mass is 317 g/mol. The average molecular weight is 317 g/mol. The molecule has 0 aromatic carbocycles. The van der Waals surface area contributed by atoms with Crippen LogP contribution >= 0.6 is 0 Å². The standard InChI is InChI=1S/C16H20FN5O/c1-3-12-13(17)14(19-9-18-12)22-6-4-16(5-7-22)8-11(16)15-21-20-10(2)23-15/h9,11H,3-8H2,1-2H3. The number of anilines is 1. The molecule has 2 aliphatic rings. The van der Waals surface area contributed by atoms with Crippen LogP contribution in [-0.4, -0.2) is 33.3 Å². The van der Waals surface area contributed by atoms with Crippen molar-refractivity contribution in [3.05, 3.63) is 29.6 Å². The van der Waals surface area contributed by atoms with Crippen LogP contribution in [0.2, 0.25) is 0 Å². The molecular weight excluding hydrogens is 297 g/mol. The first kappa shape index (κ1) is 14.5. The number of hydrogen-bond donors (Lipinski definition) is 0. The molecular formula is C16H20FN5O. The second-order valence-corrected chi connectivity index (χ2v) is 6.58. The second-order valence-electron chi connectivity index (χ2n) is 6.58. The molecule has 1 saturated heterocycles. The van der Waals surface area contributed by atoms with Gasteiger partial charge in [-0.05, 0) is 31.1 Å². The Morgan fingerprint density at radius 1 is 1.30 bits per heavy atom. The van der Waals surface area contributed by atoms with Crippen molar-refractivity contribution in [3.63, 3.8) is 0 Å². The van der Waals surface area contributed by atoms with E-state index < -0.39 is 0 Å². The maximum Gasteiger partial charge on any atom is 0.220 e. The Bertz CT molecular complexity index is 723. The van der Waals surface area contributed by atoms with Crippen molar-refractivity contribution in [3.8, 4) is 0 Å². The van der Waals surface area contributed by atoms with Gasteiger partial charge in [0.05, 0.1) is 5.69 Å². The molecule has 2 aromatic rings. The minimum atomic E-state index is -0.272. The van der Waals surface area contributed by atoms with E-state index >= 15 is 0 Å². The highest BCUT2D eigenvalue weighted by atomic mass is 19.1. The summed E-state index contributed by atoms with van der Waals surface area (Å²) in [6, 6.07) is 0. The van der Waals surface area contributed by atoms with Gasteiger partial charge >= 0.3 is 0 Å². The lowest BCUT2D eigenvalue weighted by Crippen LogP contribution is -2.36. The normalized spacial score (nSPS) is 22.6. The van der Waals surface area contributed by atoms with Crippen LogP contribution in [0.15, 0.2) is 10.7 Å². The molecule has 2 fully saturated rings. The molecule has 1 aliphatic heterocycles. The fourth-order valence-electron chi connectivity index (χ4n) is 3.73. The predicted octanol–water partition coefficient (Wildman–Crippen LogP) is 2.64. The molecule has 2 aromatic heterocycles. The Morgan fingerprint density at radius 3 is 2.74 bits per heavy atom. The van der Waals surface area contributed by atoms with Crippen molar-refractivity contribution in [2.75, 3.05) is 18.0 Å². The SMILES string of the molecule is CCc1ncnc(N2CCC3(CC2)CC3c2nnc(C)o2)c1F. The van der Waals surface area contributed by atoms with Crippen LogP contribution in [0.4, 0.5) is 10.2 Å². The van der Waals surface area contributed by atoms with Crippen molar-refractivity contribution in [1.82, 2.24) is 20.2 Å².